The predicted molar refractivity (Wildman–Crippen MR) is 175 cm³/mol. The Labute approximate surface area is 264 Å². The maximum Gasteiger partial charge on any atom is 0.262 e. The Morgan fingerprint density at radius 2 is 0.978 bits per heavy atom. The molecule has 4 atom stereocenters. The summed E-state index contributed by atoms with van der Waals surface area (Å²) in [6.07, 6.45) is 14.0. The van der Waals surface area contributed by atoms with E-state index in [0.717, 1.165) is 88.8 Å². The smallest absolute Gasteiger partial charge is 0.262 e. The molecule has 2 amide bonds. The fraction of sp³-hybridized carbons (Fsp3) is 0.385. The van der Waals surface area contributed by atoms with Gasteiger partial charge in [-0.2, -0.15) is 0 Å². The van der Waals surface area contributed by atoms with Crippen LogP contribution in [0.5, 0.6) is 11.8 Å². The molecule has 0 saturated carbocycles. The zero-order chi connectivity index (χ0) is 31.3. The van der Waals surface area contributed by atoms with Crippen LogP contribution in [-0.2, 0) is 41.7 Å². The summed E-state index contributed by atoms with van der Waals surface area (Å²) in [7, 11) is 0. The van der Waals surface area contributed by atoms with Crippen molar-refractivity contribution in [3.05, 3.63) is 104 Å². The van der Waals surface area contributed by atoms with Gasteiger partial charge >= 0.3 is 0 Å². The standard InChI is InChI=1S/C39H40N2O4/c1-5-22-14-20(15-23(6-2)34(22)40-36(42)30-26-9-10-27(18-26)31(30)37(40)43)13-21-16-24(7-3)35(25(8-4)17-21)41-38(44)32-28-11-12-29(19-28)33(32)39(41)45/h9-12,14-17,26-29,42-43H,5-8,13,18-19H2,1-4H3. The molecule has 4 unspecified atom stereocenters. The second-order valence-corrected chi connectivity index (χ2v) is 13.4. The Balaban J connectivity index is 1.16. The third kappa shape index (κ3) is 3.81. The molecule has 3 aromatic rings. The molecule has 2 N–H and O–H groups in total. The molecule has 5 aliphatic rings. The van der Waals surface area contributed by atoms with E-state index in [1.807, 2.05) is 0 Å². The van der Waals surface area contributed by atoms with Gasteiger partial charge in [-0.25, -0.2) is 4.90 Å². The van der Waals surface area contributed by atoms with Crippen molar-refractivity contribution in [2.45, 2.75) is 84.5 Å². The summed E-state index contributed by atoms with van der Waals surface area (Å²) in [6, 6.07) is 8.77. The molecule has 1 aromatic heterocycles. The molecule has 6 heteroatoms. The number of amides is 2. The number of benzene rings is 2. The molecule has 4 aliphatic carbocycles. The SMILES string of the molecule is CCc1cc(Cc2cc(CC)c(-n3c(O)c4c(c3O)C3C=CC4C3)c(CC)c2)cc(CC)c1N1C(=O)C2=C(C1=O)C1C=CC2C1. The number of rotatable bonds is 8. The summed E-state index contributed by atoms with van der Waals surface area (Å²) in [5.41, 5.74) is 11.4. The van der Waals surface area contributed by atoms with Gasteiger partial charge in [-0.15, -0.1) is 0 Å². The number of aryl methyl sites for hydroxylation is 4. The molecule has 0 fully saturated rings. The lowest BCUT2D eigenvalue weighted by Crippen LogP contribution is -2.35. The van der Waals surface area contributed by atoms with E-state index < -0.39 is 0 Å². The summed E-state index contributed by atoms with van der Waals surface area (Å²) in [4.78, 5) is 28.9. The van der Waals surface area contributed by atoms with E-state index in [9.17, 15) is 19.8 Å². The van der Waals surface area contributed by atoms with Crippen molar-refractivity contribution < 1.29 is 19.8 Å². The molecular formula is C39H40N2O4. The molecule has 0 spiro atoms. The normalized spacial score (nSPS) is 23.8. The van der Waals surface area contributed by atoms with E-state index in [-0.39, 0.29) is 47.2 Å². The minimum Gasteiger partial charge on any atom is -0.494 e. The number of anilines is 1. The quantitative estimate of drug-likeness (QED) is 0.211. The van der Waals surface area contributed by atoms with Crippen molar-refractivity contribution >= 4 is 17.5 Å². The van der Waals surface area contributed by atoms with Crippen LogP contribution >= 0.6 is 0 Å². The lowest BCUT2D eigenvalue weighted by Gasteiger charge is -2.25. The highest BCUT2D eigenvalue weighted by atomic mass is 16.3. The first-order valence-corrected chi connectivity index (χ1v) is 16.7. The van der Waals surface area contributed by atoms with Crippen molar-refractivity contribution in [3.8, 4) is 17.4 Å². The lowest BCUT2D eigenvalue weighted by atomic mass is 9.92. The molecule has 1 aliphatic heterocycles. The third-order valence-electron chi connectivity index (χ3n) is 11.0. The van der Waals surface area contributed by atoms with Crippen LogP contribution in [0.2, 0.25) is 0 Å². The van der Waals surface area contributed by atoms with Crippen molar-refractivity contribution in [3.63, 3.8) is 0 Å². The van der Waals surface area contributed by atoms with Crippen molar-refractivity contribution in [1.82, 2.24) is 4.57 Å². The second-order valence-electron chi connectivity index (χ2n) is 13.4. The highest BCUT2D eigenvalue weighted by Crippen LogP contribution is 2.57. The highest BCUT2D eigenvalue weighted by Gasteiger charge is 2.51. The minimum atomic E-state index is -0.133. The summed E-state index contributed by atoms with van der Waals surface area (Å²) in [5.74, 6) is 0.567. The van der Waals surface area contributed by atoms with E-state index in [1.165, 1.54) is 10.5 Å². The van der Waals surface area contributed by atoms with E-state index in [2.05, 4.69) is 76.3 Å². The van der Waals surface area contributed by atoms with E-state index in [0.29, 0.717) is 17.6 Å². The maximum atomic E-state index is 13.7. The summed E-state index contributed by atoms with van der Waals surface area (Å²) >= 11 is 0. The van der Waals surface area contributed by atoms with Crippen LogP contribution in [0.15, 0.2) is 59.7 Å². The Kier molecular flexibility index (Phi) is 6.32. The monoisotopic (exact) mass is 600 g/mol. The Bertz CT molecular complexity index is 1800. The van der Waals surface area contributed by atoms with Gasteiger partial charge in [-0.05, 0) is 78.3 Å². The Morgan fingerprint density at radius 1 is 0.600 bits per heavy atom. The number of hydrogen-bond acceptors (Lipinski definition) is 4. The van der Waals surface area contributed by atoms with E-state index in [4.69, 9.17) is 0 Å². The average Bonchev–Trinajstić information content (AvgIpc) is 3.90. The average molecular weight is 601 g/mol. The van der Waals surface area contributed by atoms with Gasteiger partial charge in [0, 0.05) is 45.9 Å². The first-order valence-electron chi connectivity index (χ1n) is 16.7. The van der Waals surface area contributed by atoms with Crippen LogP contribution in [0, 0.1) is 11.8 Å². The number of carbonyl (C=O) groups is 2. The molecule has 8 rings (SSSR count). The van der Waals surface area contributed by atoms with Crippen molar-refractivity contribution in [2.75, 3.05) is 4.90 Å². The van der Waals surface area contributed by atoms with Crippen LogP contribution in [0.4, 0.5) is 5.69 Å². The highest BCUT2D eigenvalue weighted by molar-refractivity contribution is 6.34. The molecule has 2 aromatic carbocycles. The fourth-order valence-electron chi connectivity index (χ4n) is 9.02. The lowest BCUT2D eigenvalue weighted by molar-refractivity contribution is -0.121. The van der Waals surface area contributed by atoms with Crippen LogP contribution in [0.1, 0.15) is 96.9 Å². The first-order chi connectivity index (χ1) is 21.8. The van der Waals surface area contributed by atoms with Gasteiger partial charge in [0.2, 0.25) is 11.8 Å². The van der Waals surface area contributed by atoms with Gasteiger partial charge in [0.15, 0.2) is 0 Å². The van der Waals surface area contributed by atoms with E-state index >= 15 is 0 Å². The maximum absolute atomic E-state index is 13.7. The fourth-order valence-corrected chi connectivity index (χ4v) is 9.02. The topological polar surface area (TPSA) is 82.8 Å². The summed E-state index contributed by atoms with van der Waals surface area (Å²) in [5, 5.41) is 22.8. The molecule has 45 heavy (non-hydrogen) atoms. The molecule has 4 bridgehead atoms. The van der Waals surface area contributed by atoms with Crippen molar-refractivity contribution in [2.24, 2.45) is 11.8 Å². The Morgan fingerprint density at radius 3 is 1.40 bits per heavy atom. The zero-order valence-corrected chi connectivity index (χ0v) is 26.5. The number of hydrogen-bond donors (Lipinski definition) is 2. The second kappa shape index (κ2) is 10.1. The molecule has 0 radical (unpaired) electrons. The largest absolute Gasteiger partial charge is 0.494 e. The van der Waals surface area contributed by atoms with Crippen molar-refractivity contribution in [1.29, 1.82) is 0 Å². The van der Waals surface area contributed by atoms with Gasteiger partial charge in [0.1, 0.15) is 0 Å². The van der Waals surface area contributed by atoms with Gasteiger partial charge in [0.25, 0.3) is 11.8 Å². The number of aromatic hydroxyl groups is 2. The number of imide groups is 1. The molecule has 230 valence electrons. The first kappa shape index (κ1) is 28.2. The molecule has 2 heterocycles. The molecular weight excluding hydrogens is 560 g/mol. The number of nitrogens with zero attached hydrogens (tertiary/aromatic N) is 2. The molecule has 0 saturated heterocycles. The predicted octanol–water partition coefficient (Wildman–Crippen LogP) is 7.25. The molecule has 6 nitrogen and oxygen atoms in total. The number of aromatic nitrogens is 1. The van der Waals surface area contributed by atoms with Crippen LogP contribution in [0.25, 0.3) is 5.69 Å². The number of carbonyl (C=O) groups excluding carboxylic acids is 2. The number of allylic oxidation sites excluding steroid dienone is 4. The number of fused-ring (bicyclic) bond motifs is 9. The summed E-state index contributed by atoms with van der Waals surface area (Å²) < 4.78 is 1.69. The minimum absolute atomic E-state index is 0.0764. The van der Waals surface area contributed by atoms with Gasteiger partial charge in [0.05, 0.1) is 11.4 Å². The van der Waals surface area contributed by atoms with Crippen LogP contribution in [-0.4, -0.2) is 26.6 Å². The van der Waals surface area contributed by atoms with Gasteiger partial charge < -0.3 is 10.2 Å². The van der Waals surface area contributed by atoms with E-state index in [1.54, 1.807) is 4.57 Å². The van der Waals surface area contributed by atoms with Crippen LogP contribution < -0.4 is 4.90 Å². The van der Waals surface area contributed by atoms with Crippen LogP contribution in [0.3, 0.4) is 0 Å². The Hall–Kier alpha value is -4.32. The van der Waals surface area contributed by atoms with Gasteiger partial charge in [-0.3, -0.25) is 14.2 Å². The van der Waals surface area contributed by atoms with Gasteiger partial charge in [-0.1, -0.05) is 76.3 Å². The zero-order valence-electron chi connectivity index (χ0n) is 26.5. The third-order valence-corrected chi connectivity index (χ3v) is 11.0. The summed E-state index contributed by atoms with van der Waals surface area (Å²) in [6.45, 7) is 8.42.